The van der Waals surface area contributed by atoms with Crippen LogP contribution in [0.4, 0.5) is 5.69 Å². The number of anilines is 1. The van der Waals surface area contributed by atoms with Gasteiger partial charge in [-0.2, -0.15) is 5.10 Å². The first-order valence-electron chi connectivity index (χ1n) is 27.0. The lowest BCUT2D eigenvalue weighted by Crippen LogP contribution is -2.64. The van der Waals surface area contributed by atoms with E-state index in [1.165, 1.54) is 20.8 Å². The van der Waals surface area contributed by atoms with Gasteiger partial charge in [0.1, 0.15) is 47.3 Å². The zero-order chi connectivity index (χ0) is 58.2. The van der Waals surface area contributed by atoms with Crippen LogP contribution in [-0.2, 0) is 43.2 Å². The Balaban J connectivity index is 1.76. The SMILES string of the molecule is CC(=O)N[C@H](C(=O)N[C@H]1CCCNC(=O)C2(C)CC(=NN2c2ccccc2)c2ccc(cc2)C(=O)NCCC[C@@H](C(=O)N[C@@H](CC(C)C)C(N)=O)NC(=O)[C@H](C(C)C)NC(=O)C(C)(C)NC(=O)[C@H](CC(C)C)NC1=O)C(C)C. The van der Waals surface area contributed by atoms with Crippen LogP contribution in [0.5, 0.6) is 0 Å². The van der Waals surface area contributed by atoms with Crippen molar-refractivity contribution in [3.8, 4) is 0 Å². The summed E-state index contributed by atoms with van der Waals surface area (Å²) in [4.78, 5) is 137. The topological polar surface area (TPSA) is 321 Å². The van der Waals surface area contributed by atoms with Crippen molar-refractivity contribution in [2.75, 3.05) is 18.1 Å². The molecule has 0 fully saturated rings. The van der Waals surface area contributed by atoms with Gasteiger partial charge in [-0.15, -0.1) is 0 Å². The minimum atomic E-state index is -1.70. The smallest absolute Gasteiger partial charge is 0.251 e. The Morgan fingerprint density at radius 3 is 1.92 bits per heavy atom. The highest BCUT2D eigenvalue weighted by atomic mass is 16.2. The molecule has 0 saturated carbocycles. The molecule has 11 N–H and O–H groups in total. The Labute approximate surface area is 458 Å². The summed E-state index contributed by atoms with van der Waals surface area (Å²) < 4.78 is 0. The van der Waals surface area contributed by atoms with Crippen molar-refractivity contribution in [1.82, 2.24) is 47.9 Å². The van der Waals surface area contributed by atoms with E-state index in [9.17, 15) is 47.9 Å². The molecule has 22 nitrogen and oxygen atoms in total. The number of benzene rings is 2. The molecule has 78 heavy (non-hydrogen) atoms. The standard InChI is InChI=1S/C56H84N12O10/c1-31(2)28-41(46(57)70)63-48(72)39-20-16-26-58-47(71)37-24-22-36(23-25-37)43-30-56(12,68(67-43)38-18-14-13-15-19-38)54(78)59-27-17-21-40(61-51(75)44(33(5)6)60-35(9)69)49(73)64-42(29-32(3)4)50(74)66-55(10,11)53(77)65-45(34(7)8)52(76)62-39/h13-15,18-19,22-25,31-34,39-42,44-45H,16-17,20-21,26-30H2,1-12H3,(H2,57,70)(H,58,71)(H,59,78)(H,60,69)(H,61,75)(H,62,76)(H,63,72)(H,64,73)(H,65,77)(H,66,74)/t39-,40-,41-,42-,44-,45-,56?/m0/s1. The molecule has 22 heteroatoms. The van der Waals surface area contributed by atoms with E-state index in [1.54, 1.807) is 63.9 Å². The number of primary amides is 1. The molecule has 428 valence electrons. The number of fused-ring (bicyclic) bond motifs is 24. The quantitative estimate of drug-likeness (QED) is 0.130. The van der Waals surface area contributed by atoms with Crippen molar-refractivity contribution in [3.63, 3.8) is 0 Å². The van der Waals surface area contributed by atoms with Gasteiger partial charge in [0, 0.05) is 32.0 Å². The molecule has 0 saturated heterocycles. The Bertz CT molecular complexity index is 2510. The largest absolute Gasteiger partial charge is 0.368 e. The maximum absolute atomic E-state index is 14.4. The summed E-state index contributed by atoms with van der Waals surface area (Å²) in [5.74, 6) is -7.46. The molecule has 3 aliphatic heterocycles. The molecule has 7 atom stereocenters. The number of nitrogens with one attached hydrogen (secondary N) is 9. The third-order valence-electron chi connectivity index (χ3n) is 13.6. The summed E-state index contributed by atoms with van der Waals surface area (Å²) in [5, 5.41) is 31.5. The molecule has 0 radical (unpaired) electrons. The van der Waals surface area contributed by atoms with Gasteiger partial charge in [0.25, 0.3) is 5.91 Å². The van der Waals surface area contributed by atoms with E-state index >= 15 is 0 Å². The summed E-state index contributed by atoms with van der Waals surface area (Å²) in [5.41, 5.74) is 4.92. The number of rotatable bonds is 13. The second-order valence-electron chi connectivity index (χ2n) is 22.7. The highest BCUT2D eigenvalue weighted by Gasteiger charge is 2.46. The maximum atomic E-state index is 14.4. The van der Waals surface area contributed by atoms with Crippen molar-refractivity contribution in [1.29, 1.82) is 0 Å². The fourth-order valence-corrected chi connectivity index (χ4v) is 9.13. The van der Waals surface area contributed by atoms with Gasteiger partial charge in [0.15, 0.2) is 0 Å². The van der Waals surface area contributed by atoms with Gasteiger partial charge in [-0.05, 0) is 113 Å². The zero-order valence-corrected chi connectivity index (χ0v) is 47.4. The molecule has 3 heterocycles. The highest BCUT2D eigenvalue weighted by molar-refractivity contribution is 6.09. The van der Waals surface area contributed by atoms with Gasteiger partial charge < -0.3 is 53.6 Å². The molecular formula is C56H84N12O10. The number of nitrogens with two attached hydrogens (primary N) is 1. The van der Waals surface area contributed by atoms with E-state index in [2.05, 4.69) is 47.9 Å². The van der Waals surface area contributed by atoms with Crippen LogP contribution in [0.1, 0.15) is 144 Å². The fourth-order valence-electron chi connectivity index (χ4n) is 9.13. The number of carbonyl (C=O) groups is 10. The molecule has 3 aliphatic rings. The minimum absolute atomic E-state index is 0.00451. The highest BCUT2D eigenvalue weighted by Crippen LogP contribution is 2.35. The first-order valence-corrected chi connectivity index (χ1v) is 27.0. The lowest BCUT2D eigenvalue weighted by molar-refractivity contribution is -0.138. The van der Waals surface area contributed by atoms with E-state index in [-0.39, 0.29) is 81.7 Å². The third kappa shape index (κ3) is 17.8. The molecule has 2 aromatic carbocycles. The number of hydrogen-bond acceptors (Lipinski definition) is 12. The van der Waals surface area contributed by atoms with Crippen LogP contribution < -0.4 is 58.6 Å². The molecular weight excluding hydrogens is 1000 g/mol. The fraction of sp³-hybridized carbons (Fsp3) is 0.589. The summed E-state index contributed by atoms with van der Waals surface area (Å²) in [6.07, 6.45) is 0.842. The zero-order valence-electron chi connectivity index (χ0n) is 47.4. The van der Waals surface area contributed by atoms with Crippen molar-refractivity contribution >= 4 is 70.5 Å². The van der Waals surface area contributed by atoms with Gasteiger partial charge in [0.05, 0.1) is 11.4 Å². The first kappa shape index (κ1) is 63.1. The Morgan fingerprint density at radius 1 is 0.731 bits per heavy atom. The van der Waals surface area contributed by atoms with Crippen molar-refractivity contribution < 1.29 is 47.9 Å². The summed E-state index contributed by atoms with van der Waals surface area (Å²) in [7, 11) is 0. The normalized spacial score (nSPS) is 23.2. The van der Waals surface area contributed by atoms with E-state index < -0.39 is 106 Å². The lowest BCUT2D eigenvalue weighted by atomic mass is 9.91. The third-order valence-corrected chi connectivity index (χ3v) is 13.6. The maximum Gasteiger partial charge on any atom is 0.251 e. The molecule has 1 unspecified atom stereocenters. The Morgan fingerprint density at radius 2 is 1.35 bits per heavy atom. The summed E-state index contributed by atoms with van der Waals surface area (Å²) in [6, 6.07) is 8.83. The van der Waals surface area contributed by atoms with Crippen molar-refractivity contribution in [2.24, 2.45) is 34.5 Å². The number of hydrazone groups is 1. The number of hydrogen-bond donors (Lipinski definition) is 10. The molecule has 10 amide bonds. The lowest BCUT2D eigenvalue weighted by Gasteiger charge is -2.33. The predicted molar refractivity (Wildman–Crippen MR) is 296 cm³/mol. The van der Waals surface area contributed by atoms with Crippen LogP contribution in [-0.4, -0.2) is 125 Å². The average molecular weight is 1090 g/mol. The van der Waals surface area contributed by atoms with Crippen LogP contribution in [0, 0.1) is 23.7 Å². The molecule has 2 aromatic rings. The van der Waals surface area contributed by atoms with Crippen molar-refractivity contribution in [2.45, 2.75) is 175 Å². The molecule has 0 aliphatic carbocycles. The number of amides is 10. The summed E-state index contributed by atoms with van der Waals surface area (Å²) >= 11 is 0. The van der Waals surface area contributed by atoms with Crippen LogP contribution in [0.2, 0.25) is 0 Å². The van der Waals surface area contributed by atoms with Gasteiger partial charge in [0.2, 0.25) is 53.2 Å². The number of para-hydroxylation sites is 1. The summed E-state index contributed by atoms with van der Waals surface area (Å²) in [6.45, 7) is 20.2. The van der Waals surface area contributed by atoms with Gasteiger partial charge in [-0.1, -0.05) is 85.7 Å². The van der Waals surface area contributed by atoms with Gasteiger partial charge in [-0.25, -0.2) is 5.01 Å². The average Bonchev–Trinajstić information content (AvgIpc) is 3.81. The second-order valence-corrected chi connectivity index (χ2v) is 22.7. The van der Waals surface area contributed by atoms with Crippen LogP contribution in [0.15, 0.2) is 59.7 Å². The molecule has 5 rings (SSSR count). The van der Waals surface area contributed by atoms with Gasteiger partial charge >= 0.3 is 0 Å². The first-order chi connectivity index (χ1) is 36.5. The predicted octanol–water partition coefficient (Wildman–Crippen LogP) is 2.19. The minimum Gasteiger partial charge on any atom is -0.368 e. The number of nitrogens with zero attached hydrogens (tertiary/aromatic N) is 2. The molecule has 4 bridgehead atoms. The van der Waals surface area contributed by atoms with Crippen LogP contribution in [0.3, 0.4) is 0 Å². The monoisotopic (exact) mass is 1080 g/mol. The van der Waals surface area contributed by atoms with E-state index in [0.29, 0.717) is 22.5 Å². The molecule has 0 spiro atoms. The Hall–Kier alpha value is -7.39. The van der Waals surface area contributed by atoms with E-state index in [0.717, 1.165) is 0 Å². The van der Waals surface area contributed by atoms with Crippen LogP contribution >= 0.6 is 0 Å². The van der Waals surface area contributed by atoms with E-state index in [4.69, 9.17) is 10.8 Å². The Kier molecular flexibility index (Phi) is 22.9. The van der Waals surface area contributed by atoms with Gasteiger partial charge in [-0.3, -0.25) is 47.9 Å². The second kappa shape index (κ2) is 28.3. The molecule has 0 aromatic heterocycles. The van der Waals surface area contributed by atoms with Crippen LogP contribution in [0.25, 0.3) is 0 Å². The number of carbonyl (C=O) groups excluding carboxylic acids is 10. The van der Waals surface area contributed by atoms with Crippen molar-refractivity contribution in [3.05, 3.63) is 65.7 Å². The van der Waals surface area contributed by atoms with E-state index in [1.807, 2.05) is 58.0 Å².